The Balaban J connectivity index is 2.27. The lowest BCUT2D eigenvalue weighted by molar-refractivity contribution is -0.144. The molecule has 1 fully saturated rings. The molecule has 19 heavy (non-hydrogen) atoms. The summed E-state index contributed by atoms with van der Waals surface area (Å²) in [6, 6.07) is 0.364. The van der Waals surface area contributed by atoms with Gasteiger partial charge in [-0.1, -0.05) is 0 Å². The van der Waals surface area contributed by atoms with Crippen LogP contribution < -0.4 is 5.32 Å². The summed E-state index contributed by atoms with van der Waals surface area (Å²) in [4.78, 5) is 13.0. The molecule has 0 spiro atoms. The Morgan fingerprint density at radius 2 is 2.00 bits per heavy atom. The highest BCUT2D eigenvalue weighted by Crippen LogP contribution is 2.31. The van der Waals surface area contributed by atoms with Gasteiger partial charge in [0.2, 0.25) is 0 Å². The maximum absolute atomic E-state index is 10.9. The van der Waals surface area contributed by atoms with Crippen molar-refractivity contribution in [3.63, 3.8) is 0 Å². The standard InChI is InChI=1S/C14H28N2O3/c1-11(6-9-16(2)3)15-10-14(19)7-4-12(5-8-14)13(17)18/h11-12,15,19H,4-10H2,1-3H3,(H,17,18). The number of hydrogen-bond acceptors (Lipinski definition) is 4. The van der Waals surface area contributed by atoms with Crippen molar-refractivity contribution in [2.24, 2.45) is 5.92 Å². The van der Waals surface area contributed by atoms with Crippen LogP contribution in [0.4, 0.5) is 0 Å². The van der Waals surface area contributed by atoms with Crippen LogP contribution in [0.25, 0.3) is 0 Å². The first kappa shape index (κ1) is 16.4. The summed E-state index contributed by atoms with van der Waals surface area (Å²) in [5.41, 5.74) is -0.724. The van der Waals surface area contributed by atoms with E-state index in [1.807, 2.05) is 14.1 Å². The smallest absolute Gasteiger partial charge is 0.306 e. The third-order valence-corrected chi connectivity index (χ3v) is 4.05. The van der Waals surface area contributed by atoms with E-state index in [0.29, 0.717) is 38.3 Å². The number of carbonyl (C=O) groups is 1. The maximum Gasteiger partial charge on any atom is 0.306 e. The number of carboxylic acids is 1. The zero-order chi connectivity index (χ0) is 14.5. The zero-order valence-corrected chi connectivity index (χ0v) is 12.4. The monoisotopic (exact) mass is 272 g/mol. The molecule has 0 saturated heterocycles. The number of hydrogen-bond donors (Lipinski definition) is 3. The molecule has 5 nitrogen and oxygen atoms in total. The van der Waals surface area contributed by atoms with Gasteiger partial charge in [0.05, 0.1) is 11.5 Å². The molecular formula is C14H28N2O3. The maximum atomic E-state index is 10.9. The van der Waals surface area contributed by atoms with Gasteiger partial charge in [-0.25, -0.2) is 0 Å². The van der Waals surface area contributed by atoms with E-state index in [1.165, 1.54) is 0 Å². The summed E-state index contributed by atoms with van der Waals surface area (Å²) in [5, 5.41) is 22.7. The number of nitrogens with one attached hydrogen (secondary N) is 1. The minimum Gasteiger partial charge on any atom is -0.481 e. The fourth-order valence-electron chi connectivity index (χ4n) is 2.50. The Morgan fingerprint density at radius 3 is 2.47 bits per heavy atom. The fourth-order valence-corrected chi connectivity index (χ4v) is 2.50. The molecule has 0 amide bonds. The predicted octanol–water partition coefficient (Wildman–Crippen LogP) is 0.922. The van der Waals surface area contributed by atoms with E-state index in [9.17, 15) is 9.90 Å². The number of carboxylic acid groups (broad SMARTS) is 1. The average molecular weight is 272 g/mol. The highest BCUT2D eigenvalue weighted by molar-refractivity contribution is 5.70. The normalized spacial score (nSPS) is 29.4. The van der Waals surface area contributed by atoms with Crippen molar-refractivity contribution in [1.29, 1.82) is 0 Å². The van der Waals surface area contributed by atoms with E-state index in [-0.39, 0.29) is 5.92 Å². The van der Waals surface area contributed by atoms with Crippen LogP contribution in [-0.4, -0.2) is 59.9 Å². The summed E-state index contributed by atoms with van der Waals surface area (Å²) < 4.78 is 0. The van der Waals surface area contributed by atoms with Gasteiger partial charge >= 0.3 is 5.97 Å². The molecular weight excluding hydrogens is 244 g/mol. The van der Waals surface area contributed by atoms with E-state index in [4.69, 9.17) is 5.11 Å². The number of nitrogens with zero attached hydrogens (tertiary/aromatic N) is 1. The van der Waals surface area contributed by atoms with Gasteiger partial charge < -0.3 is 20.4 Å². The average Bonchev–Trinajstić information content (AvgIpc) is 2.34. The minimum absolute atomic E-state index is 0.272. The van der Waals surface area contributed by atoms with Crippen molar-refractivity contribution in [1.82, 2.24) is 10.2 Å². The lowest BCUT2D eigenvalue weighted by Crippen LogP contribution is -2.47. The van der Waals surface area contributed by atoms with Crippen LogP contribution in [0.15, 0.2) is 0 Å². The molecule has 1 aliphatic rings. The lowest BCUT2D eigenvalue weighted by Gasteiger charge is -2.35. The summed E-state index contributed by atoms with van der Waals surface area (Å²) in [7, 11) is 4.10. The Hall–Kier alpha value is -0.650. The second kappa shape index (κ2) is 7.22. The summed E-state index contributed by atoms with van der Waals surface area (Å²) in [6.45, 7) is 3.71. The van der Waals surface area contributed by atoms with E-state index in [2.05, 4.69) is 17.1 Å². The van der Waals surface area contributed by atoms with E-state index in [0.717, 1.165) is 13.0 Å². The summed E-state index contributed by atoms with van der Waals surface area (Å²) in [5.74, 6) is -0.999. The minimum atomic E-state index is -0.727. The van der Waals surface area contributed by atoms with Gasteiger partial charge in [0, 0.05) is 12.6 Å². The van der Waals surface area contributed by atoms with Gasteiger partial charge in [-0.05, 0) is 59.7 Å². The molecule has 1 saturated carbocycles. The Morgan fingerprint density at radius 1 is 1.42 bits per heavy atom. The molecule has 0 heterocycles. The SMILES string of the molecule is CC(CCN(C)C)NCC1(O)CCC(C(=O)O)CC1. The topological polar surface area (TPSA) is 72.8 Å². The molecule has 1 rings (SSSR count). The van der Waals surface area contributed by atoms with Crippen molar-refractivity contribution in [2.75, 3.05) is 27.2 Å². The zero-order valence-electron chi connectivity index (χ0n) is 12.4. The Kier molecular flexibility index (Phi) is 6.23. The van der Waals surface area contributed by atoms with Crippen LogP contribution in [0.5, 0.6) is 0 Å². The van der Waals surface area contributed by atoms with Gasteiger partial charge in [0.1, 0.15) is 0 Å². The summed E-state index contributed by atoms with van der Waals surface area (Å²) in [6.07, 6.45) is 3.37. The number of aliphatic hydroxyl groups is 1. The highest BCUT2D eigenvalue weighted by Gasteiger charge is 2.35. The number of rotatable bonds is 7. The van der Waals surface area contributed by atoms with Crippen molar-refractivity contribution in [3.8, 4) is 0 Å². The van der Waals surface area contributed by atoms with E-state index >= 15 is 0 Å². The van der Waals surface area contributed by atoms with Crippen molar-refractivity contribution in [2.45, 2.75) is 50.7 Å². The van der Waals surface area contributed by atoms with Gasteiger partial charge in [-0.15, -0.1) is 0 Å². The molecule has 1 aliphatic carbocycles. The molecule has 0 bridgehead atoms. The van der Waals surface area contributed by atoms with Crippen LogP contribution >= 0.6 is 0 Å². The lowest BCUT2D eigenvalue weighted by atomic mass is 9.78. The molecule has 0 radical (unpaired) electrons. The van der Waals surface area contributed by atoms with Gasteiger partial charge in [0.15, 0.2) is 0 Å². The first-order chi connectivity index (χ1) is 8.82. The van der Waals surface area contributed by atoms with E-state index in [1.54, 1.807) is 0 Å². The van der Waals surface area contributed by atoms with Crippen LogP contribution in [0, 0.1) is 5.92 Å². The largest absolute Gasteiger partial charge is 0.481 e. The summed E-state index contributed by atoms with van der Waals surface area (Å²) >= 11 is 0. The first-order valence-electron chi connectivity index (χ1n) is 7.16. The van der Waals surface area contributed by atoms with Crippen LogP contribution in [0.2, 0.25) is 0 Å². The second-order valence-electron chi connectivity index (χ2n) is 6.21. The third kappa shape index (κ3) is 5.89. The van der Waals surface area contributed by atoms with Crippen LogP contribution in [0.3, 0.4) is 0 Å². The van der Waals surface area contributed by atoms with E-state index < -0.39 is 11.6 Å². The van der Waals surface area contributed by atoms with Gasteiger partial charge in [-0.3, -0.25) is 4.79 Å². The van der Waals surface area contributed by atoms with Gasteiger partial charge in [-0.2, -0.15) is 0 Å². The first-order valence-corrected chi connectivity index (χ1v) is 7.16. The second-order valence-corrected chi connectivity index (χ2v) is 6.21. The molecule has 0 aliphatic heterocycles. The molecule has 0 aromatic rings. The van der Waals surface area contributed by atoms with Crippen molar-refractivity contribution < 1.29 is 15.0 Å². The third-order valence-electron chi connectivity index (χ3n) is 4.05. The molecule has 0 aromatic heterocycles. The van der Waals surface area contributed by atoms with Crippen molar-refractivity contribution in [3.05, 3.63) is 0 Å². The van der Waals surface area contributed by atoms with Crippen molar-refractivity contribution >= 4 is 5.97 Å². The fraction of sp³-hybridized carbons (Fsp3) is 0.929. The Bertz CT molecular complexity index is 286. The molecule has 0 aromatic carbocycles. The van der Waals surface area contributed by atoms with Crippen LogP contribution in [0.1, 0.15) is 39.0 Å². The molecule has 3 N–H and O–H groups in total. The van der Waals surface area contributed by atoms with Crippen LogP contribution in [-0.2, 0) is 4.79 Å². The Labute approximate surface area is 116 Å². The number of aliphatic carboxylic acids is 1. The van der Waals surface area contributed by atoms with Gasteiger partial charge in [0.25, 0.3) is 0 Å². The molecule has 1 atom stereocenters. The molecule has 5 heteroatoms. The highest BCUT2D eigenvalue weighted by atomic mass is 16.4. The predicted molar refractivity (Wildman–Crippen MR) is 75.2 cm³/mol. The quantitative estimate of drug-likeness (QED) is 0.643. The molecule has 1 unspecified atom stereocenters. The molecule has 112 valence electrons.